The number of aromatic nitrogens is 1. The van der Waals surface area contributed by atoms with Gasteiger partial charge < -0.3 is 0 Å². The van der Waals surface area contributed by atoms with E-state index in [1.165, 1.54) is 5.56 Å². The number of nitrogens with zero attached hydrogens (tertiary/aromatic N) is 1. The van der Waals surface area contributed by atoms with Crippen molar-refractivity contribution < 1.29 is 4.79 Å². The molecule has 0 fully saturated rings. The minimum atomic E-state index is 0.0782. The molecule has 0 atom stereocenters. The van der Waals surface area contributed by atoms with Crippen LogP contribution in [0.15, 0.2) is 23.6 Å². The van der Waals surface area contributed by atoms with Gasteiger partial charge in [0, 0.05) is 22.8 Å². The standard InChI is InChI=1S/C16H19NOS/c1-11-5-6-12(9-18)13(7-11)8-15-17-14(10-19-15)16(2,3)4/h5-7,9-10H,8H2,1-4H3. The topological polar surface area (TPSA) is 30.0 Å². The fourth-order valence-electron chi connectivity index (χ4n) is 1.90. The smallest absolute Gasteiger partial charge is 0.150 e. The van der Waals surface area contributed by atoms with E-state index in [1.54, 1.807) is 11.3 Å². The first kappa shape index (κ1) is 13.9. The van der Waals surface area contributed by atoms with E-state index in [0.29, 0.717) is 0 Å². The molecule has 0 spiro atoms. The van der Waals surface area contributed by atoms with Crippen molar-refractivity contribution in [3.05, 3.63) is 51.0 Å². The molecular formula is C16H19NOS. The summed E-state index contributed by atoms with van der Waals surface area (Å²) >= 11 is 1.67. The largest absolute Gasteiger partial charge is 0.298 e. The summed E-state index contributed by atoms with van der Waals surface area (Å²) in [5.41, 5.74) is 4.19. The SMILES string of the molecule is Cc1ccc(C=O)c(Cc2nc(C(C)(C)C)cs2)c1. The van der Waals surface area contributed by atoms with Gasteiger partial charge in [-0.3, -0.25) is 4.79 Å². The molecule has 3 heteroatoms. The number of carbonyl (C=O) groups is 1. The first-order valence-electron chi connectivity index (χ1n) is 6.40. The number of benzene rings is 1. The Morgan fingerprint density at radius 1 is 1.32 bits per heavy atom. The van der Waals surface area contributed by atoms with Crippen molar-refractivity contribution in [2.45, 2.75) is 39.5 Å². The van der Waals surface area contributed by atoms with Crippen LogP contribution in [0.3, 0.4) is 0 Å². The summed E-state index contributed by atoms with van der Waals surface area (Å²) in [5.74, 6) is 0. The fourth-order valence-corrected chi connectivity index (χ4v) is 2.95. The molecule has 0 saturated carbocycles. The molecule has 2 nitrogen and oxygen atoms in total. The number of carbonyl (C=O) groups excluding carboxylic acids is 1. The van der Waals surface area contributed by atoms with Crippen LogP contribution in [0, 0.1) is 6.92 Å². The van der Waals surface area contributed by atoms with Gasteiger partial charge in [-0.25, -0.2) is 4.98 Å². The third-order valence-corrected chi connectivity index (χ3v) is 3.94. The summed E-state index contributed by atoms with van der Waals surface area (Å²) in [5, 5.41) is 3.18. The van der Waals surface area contributed by atoms with Crippen LogP contribution >= 0.6 is 11.3 Å². The molecule has 0 saturated heterocycles. The van der Waals surface area contributed by atoms with Crippen LogP contribution in [0.5, 0.6) is 0 Å². The van der Waals surface area contributed by atoms with E-state index in [4.69, 9.17) is 0 Å². The highest BCUT2D eigenvalue weighted by molar-refractivity contribution is 7.09. The van der Waals surface area contributed by atoms with Gasteiger partial charge >= 0.3 is 0 Å². The number of rotatable bonds is 3. The molecule has 0 aliphatic carbocycles. The van der Waals surface area contributed by atoms with Crippen molar-refractivity contribution in [2.24, 2.45) is 0 Å². The molecular weight excluding hydrogens is 254 g/mol. The van der Waals surface area contributed by atoms with Crippen LogP contribution in [-0.4, -0.2) is 11.3 Å². The summed E-state index contributed by atoms with van der Waals surface area (Å²) in [4.78, 5) is 15.8. The van der Waals surface area contributed by atoms with Gasteiger partial charge in [0.15, 0.2) is 0 Å². The van der Waals surface area contributed by atoms with Crippen LogP contribution in [0.2, 0.25) is 0 Å². The van der Waals surface area contributed by atoms with Gasteiger partial charge in [0.1, 0.15) is 6.29 Å². The lowest BCUT2D eigenvalue weighted by Gasteiger charge is -2.14. The van der Waals surface area contributed by atoms with Crippen molar-refractivity contribution in [1.29, 1.82) is 0 Å². The Morgan fingerprint density at radius 3 is 2.63 bits per heavy atom. The highest BCUT2D eigenvalue weighted by atomic mass is 32.1. The molecule has 1 aromatic carbocycles. The Kier molecular flexibility index (Phi) is 3.85. The monoisotopic (exact) mass is 273 g/mol. The maximum Gasteiger partial charge on any atom is 0.150 e. The first-order valence-corrected chi connectivity index (χ1v) is 7.27. The zero-order chi connectivity index (χ0) is 14.0. The van der Waals surface area contributed by atoms with E-state index in [2.05, 4.69) is 37.2 Å². The van der Waals surface area contributed by atoms with Gasteiger partial charge in [-0.15, -0.1) is 11.3 Å². The van der Waals surface area contributed by atoms with Gasteiger partial charge in [0.05, 0.1) is 10.7 Å². The third kappa shape index (κ3) is 3.29. The van der Waals surface area contributed by atoms with Crippen molar-refractivity contribution in [3.8, 4) is 0 Å². The van der Waals surface area contributed by atoms with Crippen molar-refractivity contribution in [3.63, 3.8) is 0 Å². The van der Waals surface area contributed by atoms with Crippen molar-refractivity contribution >= 4 is 17.6 Å². The summed E-state index contributed by atoms with van der Waals surface area (Å²) in [6, 6.07) is 5.92. The zero-order valence-corrected chi connectivity index (χ0v) is 12.7. The molecule has 2 rings (SSSR count). The molecule has 19 heavy (non-hydrogen) atoms. The molecule has 0 aliphatic heterocycles. The quantitative estimate of drug-likeness (QED) is 0.786. The highest BCUT2D eigenvalue weighted by Gasteiger charge is 2.17. The van der Waals surface area contributed by atoms with E-state index >= 15 is 0 Å². The maximum atomic E-state index is 11.1. The summed E-state index contributed by atoms with van der Waals surface area (Å²) in [6.45, 7) is 8.53. The lowest BCUT2D eigenvalue weighted by molar-refractivity contribution is 0.112. The second-order valence-electron chi connectivity index (χ2n) is 5.87. The number of hydrogen-bond acceptors (Lipinski definition) is 3. The van der Waals surface area contributed by atoms with E-state index in [9.17, 15) is 4.79 Å². The summed E-state index contributed by atoms with van der Waals surface area (Å²) < 4.78 is 0. The van der Waals surface area contributed by atoms with E-state index < -0.39 is 0 Å². The van der Waals surface area contributed by atoms with Gasteiger partial charge in [0.2, 0.25) is 0 Å². The summed E-state index contributed by atoms with van der Waals surface area (Å²) in [7, 11) is 0. The molecule has 0 unspecified atom stereocenters. The van der Waals surface area contributed by atoms with Crippen LogP contribution in [0.1, 0.15) is 53.0 Å². The van der Waals surface area contributed by atoms with E-state index in [-0.39, 0.29) is 5.41 Å². The molecule has 1 heterocycles. The maximum absolute atomic E-state index is 11.1. The summed E-state index contributed by atoms with van der Waals surface area (Å²) in [6.07, 6.45) is 1.66. The molecule has 1 aromatic heterocycles. The van der Waals surface area contributed by atoms with Gasteiger partial charge in [-0.1, -0.05) is 44.5 Å². The van der Waals surface area contributed by atoms with E-state index in [1.807, 2.05) is 19.1 Å². The first-order chi connectivity index (χ1) is 8.90. The molecule has 2 aromatic rings. The van der Waals surface area contributed by atoms with Crippen LogP contribution < -0.4 is 0 Å². The Balaban J connectivity index is 2.29. The molecule has 0 bridgehead atoms. The third-order valence-electron chi connectivity index (χ3n) is 3.09. The number of aldehydes is 1. The van der Waals surface area contributed by atoms with Gasteiger partial charge in [-0.2, -0.15) is 0 Å². The Labute approximate surface area is 118 Å². The average Bonchev–Trinajstić information content (AvgIpc) is 2.77. The van der Waals surface area contributed by atoms with E-state index in [0.717, 1.165) is 34.5 Å². The van der Waals surface area contributed by atoms with Crippen molar-refractivity contribution in [1.82, 2.24) is 4.98 Å². The Hall–Kier alpha value is -1.48. The van der Waals surface area contributed by atoms with Crippen LogP contribution in [-0.2, 0) is 11.8 Å². The Bertz CT molecular complexity index is 593. The molecule has 0 amide bonds. The molecule has 0 radical (unpaired) electrons. The van der Waals surface area contributed by atoms with Gasteiger partial charge in [0.25, 0.3) is 0 Å². The minimum Gasteiger partial charge on any atom is -0.298 e. The predicted octanol–water partition coefficient (Wildman–Crippen LogP) is 4.15. The number of aryl methyl sites for hydroxylation is 1. The molecule has 100 valence electrons. The second-order valence-corrected chi connectivity index (χ2v) is 6.82. The van der Waals surface area contributed by atoms with Gasteiger partial charge in [-0.05, 0) is 12.5 Å². The molecule has 0 N–H and O–H groups in total. The lowest BCUT2D eigenvalue weighted by Crippen LogP contribution is -2.11. The van der Waals surface area contributed by atoms with Crippen molar-refractivity contribution in [2.75, 3.05) is 0 Å². The minimum absolute atomic E-state index is 0.0782. The molecule has 0 aliphatic rings. The normalized spacial score (nSPS) is 11.6. The second kappa shape index (κ2) is 5.25. The van der Waals surface area contributed by atoms with Crippen LogP contribution in [0.4, 0.5) is 0 Å². The number of thiazole rings is 1. The van der Waals surface area contributed by atoms with Crippen LogP contribution in [0.25, 0.3) is 0 Å². The number of hydrogen-bond donors (Lipinski definition) is 0. The average molecular weight is 273 g/mol. The Morgan fingerprint density at radius 2 is 2.05 bits per heavy atom. The lowest BCUT2D eigenvalue weighted by atomic mass is 9.93. The highest BCUT2D eigenvalue weighted by Crippen LogP contribution is 2.25. The fraction of sp³-hybridized carbons (Fsp3) is 0.375. The predicted molar refractivity (Wildman–Crippen MR) is 80.2 cm³/mol. The zero-order valence-electron chi connectivity index (χ0n) is 11.9.